The van der Waals surface area contributed by atoms with Crippen LogP contribution in [-0.2, 0) is 27.8 Å². The topological polar surface area (TPSA) is 84.9 Å². The van der Waals surface area contributed by atoms with E-state index in [1.807, 2.05) is 38.1 Å². The predicted molar refractivity (Wildman–Crippen MR) is 131 cm³/mol. The van der Waals surface area contributed by atoms with Gasteiger partial charge >= 0.3 is 0 Å². The van der Waals surface area contributed by atoms with Crippen LogP contribution in [-0.4, -0.2) is 37.9 Å². The summed E-state index contributed by atoms with van der Waals surface area (Å²) in [5.74, 6) is 0.912. The van der Waals surface area contributed by atoms with Crippen molar-refractivity contribution in [3.63, 3.8) is 0 Å². The molecule has 0 radical (unpaired) electrons. The molecule has 0 unspecified atom stereocenters. The van der Waals surface area contributed by atoms with Gasteiger partial charge in [-0.2, -0.15) is 4.31 Å². The molecule has 0 aromatic heterocycles. The smallest absolute Gasteiger partial charge is 0.244 e. The summed E-state index contributed by atoms with van der Waals surface area (Å²) in [6.07, 6.45) is 0.287. The van der Waals surface area contributed by atoms with Gasteiger partial charge in [-0.3, -0.25) is 4.79 Å². The molecule has 4 rings (SSSR count). The van der Waals surface area contributed by atoms with Crippen molar-refractivity contribution in [1.82, 2.24) is 4.31 Å². The van der Waals surface area contributed by atoms with Crippen molar-refractivity contribution in [2.45, 2.75) is 37.8 Å². The first-order chi connectivity index (χ1) is 16.4. The number of amides is 1. The van der Waals surface area contributed by atoms with E-state index in [2.05, 4.69) is 5.32 Å². The van der Waals surface area contributed by atoms with Gasteiger partial charge in [-0.1, -0.05) is 24.3 Å². The number of hydrogen-bond acceptors (Lipinski definition) is 5. The Morgan fingerprint density at radius 1 is 0.882 bits per heavy atom. The molecule has 1 N–H and O–H groups in total. The van der Waals surface area contributed by atoms with Crippen molar-refractivity contribution in [3.8, 4) is 11.5 Å². The SMILES string of the molecule is CCOc1ccc(NC(=O)[C@H]2Cc3ccccc3CN2S(=O)(=O)c2ccc(OCC)cc2)cc1. The monoisotopic (exact) mass is 480 g/mol. The molecule has 1 amide bonds. The first-order valence-corrected chi connectivity index (χ1v) is 12.7. The zero-order valence-electron chi connectivity index (χ0n) is 19.2. The van der Waals surface area contributed by atoms with Crippen molar-refractivity contribution >= 4 is 21.6 Å². The molecule has 34 heavy (non-hydrogen) atoms. The Morgan fingerprint density at radius 2 is 1.44 bits per heavy atom. The number of ether oxygens (including phenoxy) is 2. The van der Waals surface area contributed by atoms with Crippen LogP contribution in [0, 0.1) is 0 Å². The van der Waals surface area contributed by atoms with Gasteiger partial charge < -0.3 is 14.8 Å². The van der Waals surface area contributed by atoms with Crippen molar-refractivity contribution < 1.29 is 22.7 Å². The Labute approximate surface area is 200 Å². The van der Waals surface area contributed by atoms with Crippen LogP contribution in [0.15, 0.2) is 77.7 Å². The number of carbonyl (C=O) groups excluding carboxylic acids is 1. The van der Waals surface area contributed by atoms with Gasteiger partial charge in [-0.05, 0) is 79.9 Å². The van der Waals surface area contributed by atoms with E-state index < -0.39 is 16.1 Å². The molecular weight excluding hydrogens is 452 g/mol. The molecular formula is C26H28N2O5S. The third kappa shape index (κ3) is 5.08. The van der Waals surface area contributed by atoms with Crippen molar-refractivity contribution in [2.75, 3.05) is 18.5 Å². The number of nitrogens with zero attached hydrogens (tertiary/aromatic N) is 1. The summed E-state index contributed by atoms with van der Waals surface area (Å²) in [7, 11) is -3.94. The molecule has 0 fully saturated rings. The average molecular weight is 481 g/mol. The van der Waals surface area contributed by atoms with E-state index in [0.717, 1.165) is 11.1 Å². The number of anilines is 1. The molecule has 1 aliphatic rings. The van der Waals surface area contributed by atoms with Crippen LogP contribution in [0.1, 0.15) is 25.0 Å². The third-order valence-electron chi connectivity index (χ3n) is 5.68. The summed E-state index contributed by atoms with van der Waals surface area (Å²) in [5.41, 5.74) is 2.43. The number of carbonyl (C=O) groups is 1. The zero-order chi connectivity index (χ0) is 24.1. The molecule has 1 aliphatic heterocycles. The van der Waals surface area contributed by atoms with Crippen LogP contribution in [0.5, 0.6) is 11.5 Å². The number of hydrogen-bond donors (Lipinski definition) is 1. The van der Waals surface area contributed by atoms with Crippen molar-refractivity contribution in [2.24, 2.45) is 0 Å². The molecule has 178 valence electrons. The molecule has 7 nitrogen and oxygen atoms in total. The van der Waals surface area contributed by atoms with E-state index in [0.29, 0.717) is 30.4 Å². The second-order valence-corrected chi connectivity index (χ2v) is 9.78. The Balaban J connectivity index is 1.63. The van der Waals surface area contributed by atoms with Gasteiger partial charge in [0.25, 0.3) is 0 Å². The van der Waals surface area contributed by atoms with Crippen molar-refractivity contribution in [3.05, 3.63) is 83.9 Å². The Hall–Kier alpha value is -3.36. The highest BCUT2D eigenvalue weighted by atomic mass is 32.2. The highest BCUT2D eigenvalue weighted by molar-refractivity contribution is 7.89. The van der Waals surface area contributed by atoms with Gasteiger partial charge in [0.2, 0.25) is 15.9 Å². The van der Waals surface area contributed by atoms with Gasteiger partial charge in [0.05, 0.1) is 18.1 Å². The maximum absolute atomic E-state index is 13.6. The summed E-state index contributed by atoms with van der Waals surface area (Å²) in [6.45, 7) is 4.92. The lowest BCUT2D eigenvalue weighted by molar-refractivity contribution is -0.120. The fourth-order valence-electron chi connectivity index (χ4n) is 4.01. The number of nitrogens with one attached hydrogen (secondary N) is 1. The van der Waals surface area contributed by atoms with Gasteiger partial charge in [-0.25, -0.2) is 8.42 Å². The minimum Gasteiger partial charge on any atom is -0.494 e. The average Bonchev–Trinajstić information content (AvgIpc) is 2.85. The molecule has 0 bridgehead atoms. The molecule has 1 atom stereocenters. The Morgan fingerprint density at radius 3 is 2.03 bits per heavy atom. The summed E-state index contributed by atoms with van der Waals surface area (Å²) in [6, 6.07) is 20.0. The summed E-state index contributed by atoms with van der Waals surface area (Å²) in [5, 5.41) is 2.87. The molecule has 0 saturated heterocycles. The molecule has 0 aliphatic carbocycles. The molecule has 0 saturated carbocycles. The van der Waals surface area contributed by atoms with E-state index in [9.17, 15) is 13.2 Å². The van der Waals surface area contributed by atoms with Crippen LogP contribution < -0.4 is 14.8 Å². The fourth-order valence-corrected chi connectivity index (χ4v) is 5.58. The minimum absolute atomic E-state index is 0.118. The fraction of sp³-hybridized carbons (Fsp3) is 0.269. The van der Waals surface area contributed by atoms with Crippen LogP contribution in [0.3, 0.4) is 0 Å². The summed E-state index contributed by atoms with van der Waals surface area (Å²) < 4.78 is 39.4. The molecule has 3 aromatic carbocycles. The van der Waals surface area contributed by atoms with Gasteiger partial charge in [0, 0.05) is 12.2 Å². The highest BCUT2D eigenvalue weighted by Crippen LogP contribution is 2.30. The van der Waals surface area contributed by atoms with E-state index in [-0.39, 0.29) is 23.8 Å². The highest BCUT2D eigenvalue weighted by Gasteiger charge is 2.39. The first kappa shape index (κ1) is 23.8. The lowest BCUT2D eigenvalue weighted by Gasteiger charge is -2.35. The minimum atomic E-state index is -3.94. The maximum atomic E-state index is 13.6. The standard InChI is InChI=1S/C26H28N2O5S/c1-3-32-22-11-9-21(10-12-22)27-26(29)25-17-19-7-5-6-8-20(19)18-28(25)34(30,31)24-15-13-23(14-16-24)33-4-2/h5-16,25H,3-4,17-18H2,1-2H3,(H,27,29)/t25-/m1/s1. The lowest BCUT2D eigenvalue weighted by atomic mass is 9.95. The van der Waals surface area contributed by atoms with Gasteiger partial charge in [0.1, 0.15) is 17.5 Å². The summed E-state index contributed by atoms with van der Waals surface area (Å²) in [4.78, 5) is 13.5. The molecule has 1 heterocycles. The second kappa shape index (κ2) is 10.3. The molecule has 0 spiro atoms. The number of rotatable bonds is 8. The largest absolute Gasteiger partial charge is 0.494 e. The Bertz CT molecular complexity index is 1240. The second-order valence-electron chi connectivity index (χ2n) is 7.89. The number of sulfonamides is 1. The van der Waals surface area contributed by atoms with Crippen LogP contribution >= 0.6 is 0 Å². The van der Waals surface area contributed by atoms with Gasteiger partial charge in [0.15, 0.2) is 0 Å². The van der Waals surface area contributed by atoms with Crippen LogP contribution in [0.4, 0.5) is 5.69 Å². The van der Waals surface area contributed by atoms with Crippen molar-refractivity contribution in [1.29, 1.82) is 0 Å². The first-order valence-electron chi connectivity index (χ1n) is 11.3. The third-order valence-corrected chi connectivity index (χ3v) is 7.55. The van der Waals surface area contributed by atoms with E-state index in [1.165, 1.54) is 16.4 Å². The predicted octanol–water partition coefficient (Wildman–Crippen LogP) is 4.24. The van der Waals surface area contributed by atoms with Crippen LogP contribution in [0.2, 0.25) is 0 Å². The number of benzene rings is 3. The quantitative estimate of drug-likeness (QED) is 0.521. The maximum Gasteiger partial charge on any atom is 0.244 e. The number of fused-ring (bicyclic) bond motifs is 1. The Kier molecular flexibility index (Phi) is 7.19. The lowest BCUT2D eigenvalue weighted by Crippen LogP contribution is -2.50. The molecule has 8 heteroatoms. The molecule has 3 aromatic rings. The normalized spacial score (nSPS) is 15.9. The van der Waals surface area contributed by atoms with E-state index in [1.54, 1.807) is 36.4 Å². The van der Waals surface area contributed by atoms with Crippen LogP contribution in [0.25, 0.3) is 0 Å². The van der Waals surface area contributed by atoms with E-state index >= 15 is 0 Å². The summed E-state index contributed by atoms with van der Waals surface area (Å²) >= 11 is 0. The zero-order valence-corrected chi connectivity index (χ0v) is 20.0. The van der Waals surface area contributed by atoms with E-state index in [4.69, 9.17) is 9.47 Å². The van der Waals surface area contributed by atoms with Gasteiger partial charge in [-0.15, -0.1) is 0 Å².